The third-order valence-corrected chi connectivity index (χ3v) is 1.84. The molecule has 0 saturated carbocycles. The second kappa shape index (κ2) is 11.4. The van der Waals surface area contributed by atoms with Crippen LogP contribution >= 0.6 is 0 Å². The Kier molecular flexibility index (Phi) is 10.1. The zero-order valence-corrected chi connectivity index (χ0v) is 12.3. The Morgan fingerprint density at radius 1 is 0.857 bits per heavy atom. The van der Waals surface area contributed by atoms with Crippen molar-refractivity contribution in [3.8, 4) is 0 Å². The van der Waals surface area contributed by atoms with E-state index in [-0.39, 0.29) is 13.2 Å². The number of esters is 3. The molecule has 1 rings (SSSR count). The van der Waals surface area contributed by atoms with Crippen LogP contribution < -0.4 is 0 Å². The number of rotatable bonds is 5. The maximum atomic E-state index is 10.6. The van der Waals surface area contributed by atoms with Crippen molar-refractivity contribution in [1.29, 1.82) is 0 Å². The molecule has 7 nitrogen and oxygen atoms in total. The first-order valence-corrected chi connectivity index (χ1v) is 6.20. The van der Waals surface area contributed by atoms with Gasteiger partial charge in [0.1, 0.15) is 13.2 Å². The number of hydrogen-bond acceptors (Lipinski definition) is 7. The minimum atomic E-state index is -0.754. The SMILES string of the molecule is CC(=O)OCC(COC(C)=O)OC(C)=O.c1ccncc1. The van der Waals surface area contributed by atoms with Crippen LogP contribution in [0.3, 0.4) is 0 Å². The lowest BCUT2D eigenvalue weighted by Gasteiger charge is -2.15. The van der Waals surface area contributed by atoms with E-state index in [0.29, 0.717) is 0 Å². The summed E-state index contributed by atoms with van der Waals surface area (Å²) in [6.45, 7) is 3.44. The lowest BCUT2D eigenvalue weighted by Crippen LogP contribution is -2.29. The van der Waals surface area contributed by atoms with Gasteiger partial charge in [-0.25, -0.2) is 0 Å². The Bertz CT molecular complexity index is 390. The second-order valence-electron chi connectivity index (χ2n) is 3.86. The summed E-state index contributed by atoms with van der Waals surface area (Å²) < 4.78 is 14.0. The summed E-state index contributed by atoms with van der Waals surface area (Å²) in [4.78, 5) is 35.4. The van der Waals surface area contributed by atoms with E-state index < -0.39 is 24.0 Å². The van der Waals surface area contributed by atoms with Crippen LogP contribution in [0.5, 0.6) is 0 Å². The summed E-state index contributed by atoms with van der Waals surface area (Å²) in [5.74, 6) is -1.51. The minimum Gasteiger partial charge on any atom is -0.462 e. The fourth-order valence-electron chi connectivity index (χ4n) is 1.08. The molecule has 21 heavy (non-hydrogen) atoms. The molecule has 116 valence electrons. The van der Waals surface area contributed by atoms with E-state index in [9.17, 15) is 14.4 Å². The minimum absolute atomic E-state index is 0.123. The zero-order chi connectivity index (χ0) is 16.1. The highest BCUT2D eigenvalue weighted by Crippen LogP contribution is 1.97. The Morgan fingerprint density at radius 2 is 1.33 bits per heavy atom. The van der Waals surface area contributed by atoms with Crippen LogP contribution in [0.25, 0.3) is 0 Å². The molecule has 0 aliphatic rings. The lowest BCUT2D eigenvalue weighted by molar-refractivity contribution is -0.163. The molecule has 0 N–H and O–H groups in total. The normalized spacial score (nSPS) is 9.14. The predicted molar refractivity (Wildman–Crippen MR) is 73.1 cm³/mol. The van der Waals surface area contributed by atoms with Gasteiger partial charge >= 0.3 is 17.9 Å². The molecule has 1 heterocycles. The summed E-state index contributed by atoms with van der Waals surface area (Å²) in [5, 5.41) is 0. The molecule has 0 unspecified atom stereocenters. The molecule has 1 aromatic rings. The first-order chi connectivity index (χ1) is 9.91. The molecule has 0 fully saturated rings. The number of carbonyl (C=O) groups is 3. The van der Waals surface area contributed by atoms with E-state index in [0.717, 1.165) is 0 Å². The topological polar surface area (TPSA) is 91.8 Å². The van der Waals surface area contributed by atoms with Crippen LogP contribution in [0.2, 0.25) is 0 Å². The molecule has 0 saturated heterocycles. The van der Waals surface area contributed by atoms with E-state index in [1.54, 1.807) is 12.4 Å². The van der Waals surface area contributed by atoms with Crippen LogP contribution in [0.15, 0.2) is 30.6 Å². The van der Waals surface area contributed by atoms with E-state index >= 15 is 0 Å². The molecular weight excluding hydrogens is 278 g/mol. The fourth-order valence-corrected chi connectivity index (χ4v) is 1.08. The molecule has 0 radical (unpaired) electrons. The van der Waals surface area contributed by atoms with E-state index in [4.69, 9.17) is 4.74 Å². The molecule has 0 spiro atoms. The highest BCUT2D eigenvalue weighted by Gasteiger charge is 2.15. The van der Waals surface area contributed by atoms with Crippen molar-refractivity contribution in [1.82, 2.24) is 4.98 Å². The van der Waals surface area contributed by atoms with Crippen LogP contribution in [0.1, 0.15) is 20.8 Å². The Morgan fingerprint density at radius 3 is 1.57 bits per heavy atom. The van der Waals surface area contributed by atoms with Gasteiger partial charge in [-0.2, -0.15) is 0 Å². The van der Waals surface area contributed by atoms with Gasteiger partial charge in [0.25, 0.3) is 0 Å². The third kappa shape index (κ3) is 13.8. The Hall–Kier alpha value is -2.44. The Labute approximate surface area is 123 Å². The van der Waals surface area contributed by atoms with Crippen molar-refractivity contribution in [2.75, 3.05) is 13.2 Å². The first-order valence-electron chi connectivity index (χ1n) is 6.20. The van der Waals surface area contributed by atoms with Gasteiger partial charge in [-0.1, -0.05) is 6.07 Å². The van der Waals surface area contributed by atoms with Gasteiger partial charge < -0.3 is 14.2 Å². The van der Waals surface area contributed by atoms with Crippen molar-refractivity contribution in [2.24, 2.45) is 0 Å². The smallest absolute Gasteiger partial charge is 0.303 e. The van der Waals surface area contributed by atoms with Crippen LogP contribution in [-0.4, -0.2) is 42.2 Å². The molecule has 1 aromatic heterocycles. The van der Waals surface area contributed by atoms with Crippen molar-refractivity contribution in [3.63, 3.8) is 0 Å². The maximum Gasteiger partial charge on any atom is 0.303 e. The highest BCUT2D eigenvalue weighted by molar-refractivity contribution is 5.67. The monoisotopic (exact) mass is 297 g/mol. The summed E-state index contributed by atoms with van der Waals surface area (Å²) in [6.07, 6.45) is 2.75. The number of aromatic nitrogens is 1. The van der Waals surface area contributed by atoms with Gasteiger partial charge in [0.05, 0.1) is 0 Å². The quantitative estimate of drug-likeness (QED) is 0.594. The standard InChI is InChI=1S/C9H14O6.C5H5N/c1-6(10)13-4-9(15-8(3)12)5-14-7(2)11;1-2-4-6-5-3-1/h9H,4-5H2,1-3H3;1-5H. The summed E-state index contributed by atoms with van der Waals surface area (Å²) >= 11 is 0. The van der Waals surface area contributed by atoms with Gasteiger partial charge in [-0.15, -0.1) is 0 Å². The summed E-state index contributed by atoms with van der Waals surface area (Å²) in [6, 6.07) is 5.72. The zero-order valence-electron chi connectivity index (χ0n) is 12.3. The average Bonchev–Trinajstić information content (AvgIpc) is 2.44. The number of carbonyl (C=O) groups excluding carboxylic acids is 3. The molecule has 0 atom stereocenters. The van der Waals surface area contributed by atoms with E-state index in [1.165, 1.54) is 20.8 Å². The van der Waals surface area contributed by atoms with Crippen LogP contribution in [0, 0.1) is 0 Å². The van der Waals surface area contributed by atoms with E-state index in [2.05, 4.69) is 14.5 Å². The van der Waals surface area contributed by atoms with Gasteiger partial charge in [0.15, 0.2) is 6.10 Å². The van der Waals surface area contributed by atoms with Crippen molar-refractivity contribution in [2.45, 2.75) is 26.9 Å². The van der Waals surface area contributed by atoms with Gasteiger partial charge in [0.2, 0.25) is 0 Å². The molecule has 0 aromatic carbocycles. The molecule has 7 heteroatoms. The van der Waals surface area contributed by atoms with Crippen molar-refractivity contribution >= 4 is 17.9 Å². The van der Waals surface area contributed by atoms with E-state index in [1.807, 2.05) is 18.2 Å². The molecular formula is C14H19NO6. The van der Waals surface area contributed by atoms with Gasteiger partial charge in [0, 0.05) is 33.2 Å². The third-order valence-electron chi connectivity index (χ3n) is 1.84. The number of nitrogens with zero attached hydrogens (tertiary/aromatic N) is 1. The number of hydrogen-bond donors (Lipinski definition) is 0. The predicted octanol–water partition coefficient (Wildman–Crippen LogP) is 1.13. The second-order valence-corrected chi connectivity index (χ2v) is 3.86. The van der Waals surface area contributed by atoms with Gasteiger partial charge in [-0.05, 0) is 12.1 Å². The maximum absolute atomic E-state index is 10.6. The van der Waals surface area contributed by atoms with Crippen molar-refractivity contribution < 1.29 is 28.6 Å². The first kappa shape index (κ1) is 18.6. The van der Waals surface area contributed by atoms with Crippen molar-refractivity contribution in [3.05, 3.63) is 30.6 Å². The molecule has 0 aliphatic carbocycles. The fraction of sp³-hybridized carbons (Fsp3) is 0.429. The summed E-state index contributed by atoms with van der Waals surface area (Å²) in [5.41, 5.74) is 0. The molecule has 0 amide bonds. The number of pyridine rings is 1. The molecule has 0 bridgehead atoms. The van der Waals surface area contributed by atoms with Gasteiger partial charge in [-0.3, -0.25) is 19.4 Å². The molecule has 0 aliphatic heterocycles. The Balaban J connectivity index is 0.000000547. The largest absolute Gasteiger partial charge is 0.462 e. The highest BCUT2D eigenvalue weighted by atomic mass is 16.6. The van der Waals surface area contributed by atoms with Crippen LogP contribution in [-0.2, 0) is 28.6 Å². The lowest BCUT2D eigenvalue weighted by atomic mass is 10.4. The number of ether oxygens (including phenoxy) is 3. The van der Waals surface area contributed by atoms with Crippen LogP contribution in [0.4, 0.5) is 0 Å². The summed E-state index contributed by atoms with van der Waals surface area (Å²) in [7, 11) is 0. The average molecular weight is 297 g/mol.